The number of aryl methyl sites for hydroxylation is 2. The van der Waals surface area contributed by atoms with Gasteiger partial charge in [-0.05, 0) is 61.0 Å². The van der Waals surface area contributed by atoms with Gasteiger partial charge in [0.25, 0.3) is 0 Å². The molecule has 4 heterocycles. The van der Waals surface area contributed by atoms with E-state index < -0.39 is 0 Å². The van der Waals surface area contributed by atoms with Crippen LogP contribution >= 0.6 is 0 Å². The minimum atomic E-state index is 0. The van der Waals surface area contributed by atoms with Gasteiger partial charge in [0.2, 0.25) is 0 Å². The van der Waals surface area contributed by atoms with Gasteiger partial charge in [-0.25, -0.2) is 0 Å². The van der Waals surface area contributed by atoms with Crippen LogP contribution in [0.15, 0.2) is 150 Å². The van der Waals surface area contributed by atoms with E-state index in [2.05, 4.69) is 82.3 Å². The van der Waals surface area contributed by atoms with Gasteiger partial charge in [0.15, 0.2) is 0 Å². The van der Waals surface area contributed by atoms with Gasteiger partial charge in [0, 0.05) is 43.1 Å². The molecule has 9 rings (SSSR count). The van der Waals surface area contributed by atoms with Gasteiger partial charge in [-0.3, -0.25) is 9.97 Å². The SMILES string of the molecule is Cc1cc2nc(-c3[c-]ccc4c3oc3cc(-c5ccccc5)ccc34)n(-c3ccccc3)c2c(C)n1.[Ir].[c-]1ccccc1-c1ccccn1. The molecule has 6 heteroatoms. The molecule has 0 unspecified atom stereocenters. The monoisotopic (exact) mass is 811 g/mol. The maximum Gasteiger partial charge on any atom is 0.121 e. The third kappa shape index (κ3) is 6.20. The molecule has 0 aliphatic rings. The predicted octanol–water partition coefficient (Wildman–Crippen LogP) is 10.6. The van der Waals surface area contributed by atoms with E-state index in [9.17, 15) is 0 Å². The fourth-order valence-electron chi connectivity index (χ4n) is 6.22. The molecule has 0 saturated heterocycles. The third-order valence-electron chi connectivity index (χ3n) is 8.36. The molecule has 49 heavy (non-hydrogen) atoms. The topological polar surface area (TPSA) is 56.7 Å². The second-order valence-corrected chi connectivity index (χ2v) is 11.6. The molecule has 1 radical (unpaired) electrons. The fraction of sp³-hybridized carbons (Fsp3) is 0.0465. The van der Waals surface area contributed by atoms with Crippen LogP contribution in [0.25, 0.3) is 72.4 Å². The summed E-state index contributed by atoms with van der Waals surface area (Å²) in [5.74, 6) is 0.791. The minimum Gasteiger partial charge on any atom is -0.501 e. The number of imidazole rings is 1. The largest absolute Gasteiger partial charge is 0.501 e. The van der Waals surface area contributed by atoms with Crippen molar-refractivity contribution >= 4 is 33.0 Å². The van der Waals surface area contributed by atoms with Crippen LogP contribution in [0.4, 0.5) is 0 Å². The molecule has 9 aromatic rings. The number of hydrogen-bond acceptors (Lipinski definition) is 4. The van der Waals surface area contributed by atoms with E-state index in [1.54, 1.807) is 6.20 Å². The van der Waals surface area contributed by atoms with Crippen LogP contribution < -0.4 is 0 Å². The summed E-state index contributed by atoms with van der Waals surface area (Å²) in [6.07, 6.45) is 1.79. The Morgan fingerprint density at radius 3 is 2.18 bits per heavy atom. The molecule has 239 valence electrons. The normalized spacial score (nSPS) is 10.9. The Hall–Kier alpha value is -5.68. The van der Waals surface area contributed by atoms with E-state index in [-0.39, 0.29) is 20.1 Å². The maximum atomic E-state index is 6.54. The molecule has 0 N–H and O–H groups in total. The van der Waals surface area contributed by atoms with Crippen molar-refractivity contribution in [3.05, 3.63) is 169 Å². The van der Waals surface area contributed by atoms with Crippen molar-refractivity contribution in [1.82, 2.24) is 19.5 Å². The number of aromatic nitrogens is 4. The Morgan fingerprint density at radius 1 is 0.653 bits per heavy atom. The number of para-hydroxylation sites is 1. The molecular weight excluding hydrogens is 781 g/mol. The van der Waals surface area contributed by atoms with Crippen LogP contribution in [-0.2, 0) is 20.1 Å². The molecule has 0 atom stereocenters. The zero-order valence-corrected chi connectivity index (χ0v) is 29.3. The molecule has 0 aliphatic heterocycles. The van der Waals surface area contributed by atoms with Crippen molar-refractivity contribution in [2.75, 3.05) is 0 Å². The van der Waals surface area contributed by atoms with E-state index in [1.807, 2.05) is 92.7 Å². The predicted molar refractivity (Wildman–Crippen MR) is 194 cm³/mol. The number of furan rings is 1. The van der Waals surface area contributed by atoms with Crippen LogP contribution in [0.3, 0.4) is 0 Å². The van der Waals surface area contributed by atoms with E-state index in [0.29, 0.717) is 0 Å². The molecule has 0 spiro atoms. The Morgan fingerprint density at radius 2 is 1.43 bits per heavy atom. The molecule has 0 amide bonds. The zero-order chi connectivity index (χ0) is 32.5. The molecule has 5 nitrogen and oxygen atoms in total. The first-order valence-electron chi connectivity index (χ1n) is 15.9. The second kappa shape index (κ2) is 13.8. The number of fused-ring (bicyclic) bond motifs is 4. The van der Waals surface area contributed by atoms with Gasteiger partial charge in [-0.1, -0.05) is 83.7 Å². The number of benzene rings is 5. The Bertz CT molecular complexity index is 2470. The first-order valence-corrected chi connectivity index (χ1v) is 15.9. The van der Waals surface area contributed by atoms with Gasteiger partial charge < -0.3 is 14.0 Å². The standard InChI is InChI=1S/C32H22N3O.C11H8N.Ir/c1-20-18-28-30(21(2)33-20)35(24-12-7-4-8-13-24)32(34-28)27-15-9-14-26-25-17-16-23(19-29(25)36-31(26)27)22-10-5-3-6-11-22;1-2-6-10(7-3-1)11-8-4-5-9-12-11;/h3-14,16-19H,1-2H3;1-6,8-9H;/q2*-1;. The van der Waals surface area contributed by atoms with Crippen molar-refractivity contribution in [2.24, 2.45) is 0 Å². The van der Waals surface area contributed by atoms with Crippen LogP contribution in [0.2, 0.25) is 0 Å². The van der Waals surface area contributed by atoms with Crippen molar-refractivity contribution < 1.29 is 24.5 Å². The van der Waals surface area contributed by atoms with Crippen LogP contribution in [-0.4, -0.2) is 19.5 Å². The average Bonchev–Trinajstić information content (AvgIpc) is 3.72. The minimum absolute atomic E-state index is 0. The molecular formula is C43H30IrN4O-2. The van der Waals surface area contributed by atoms with E-state index in [4.69, 9.17) is 14.4 Å². The summed E-state index contributed by atoms with van der Waals surface area (Å²) in [7, 11) is 0. The molecule has 0 saturated carbocycles. The summed E-state index contributed by atoms with van der Waals surface area (Å²) in [6, 6.07) is 53.4. The maximum absolute atomic E-state index is 6.54. The van der Waals surface area contributed by atoms with Gasteiger partial charge in [-0.2, -0.15) is 0 Å². The fourth-order valence-corrected chi connectivity index (χ4v) is 6.22. The summed E-state index contributed by atoms with van der Waals surface area (Å²) in [4.78, 5) is 14.1. The van der Waals surface area contributed by atoms with Crippen molar-refractivity contribution in [3.8, 4) is 39.5 Å². The summed E-state index contributed by atoms with van der Waals surface area (Å²) < 4.78 is 8.71. The summed E-state index contributed by atoms with van der Waals surface area (Å²) >= 11 is 0. The molecule has 5 aromatic carbocycles. The van der Waals surface area contributed by atoms with Gasteiger partial charge in [0.1, 0.15) is 5.58 Å². The molecule has 0 aliphatic carbocycles. The van der Waals surface area contributed by atoms with E-state index in [0.717, 1.165) is 83.8 Å². The number of pyridine rings is 2. The number of nitrogens with zero attached hydrogens (tertiary/aromatic N) is 4. The second-order valence-electron chi connectivity index (χ2n) is 11.6. The number of rotatable bonds is 4. The summed E-state index contributed by atoms with van der Waals surface area (Å²) in [5.41, 5.74) is 11.6. The van der Waals surface area contributed by atoms with Crippen molar-refractivity contribution in [2.45, 2.75) is 13.8 Å². The molecule has 4 aromatic heterocycles. The first kappa shape index (κ1) is 31.9. The van der Waals surface area contributed by atoms with Gasteiger partial charge in [-0.15, -0.1) is 54.1 Å². The van der Waals surface area contributed by atoms with Crippen molar-refractivity contribution in [3.63, 3.8) is 0 Å². The summed E-state index contributed by atoms with van der Waals surface area (Å²) in [5, 5.41) is 2.13. The molecule has 0 fully saturated rings. The third-order valence-corrected chi connectivity index (χ3v) is 8.36. The molecule has 0 bridgehead atoms. The Balaban J connectivity index is 0.000000246. The Kier molecular flexibility index (Phi) is 8.99. The average molecular weight is 811 g/mol. The van der Waals surface area contributed by atoms with Crippen LogP contribution in [0.5, 0.6) is 0 Å². The zero-order valence-electron chi connectivity index (χ0n) is 26.9. The number of hydrogen-bond donors (Lipinski definition) is 0. The van der Waals surface area contributed by atoms with Crippen LogP contribution in [0, 0.1) is 26.0 Å². The van der Waals surface area contributed by atoms with E-state index in [1.165, 1.54) is 0 Å². The van der Waals surface area contributed by atoms with Gasteiger partial charge >= 0.3 is 0 Å². The van der Waals surface area contributed by atoms with Crippen molar-refractivity contribution in [1.29, 1.82) is 0 Å². The van der Waals surface area contributed by atoms with E-state index >= 15 is 0 Å². The quantitative estimate of drug-likeness (QED) is 0.166. The summed E-state index contributed by atoms with van der Waals surface area (Å²) in [6.45, 7) is 4.04. The smallest absolute Gasteiger partial charge is 0.121 e. The Labute approximate surface area is 298 Å². The van der Waals surface area contributed by atoms with Gasteiger partial charge in [0.05, 0.1) is 28.1 Å². The van der Waals surface area contributed by atoms with Crippen LogP contribution in [0.1, 0.15) is 11.4 Å². The first-order chi connectivity index (χ1) is 23.6.